The molecule has 0 aromatic rings. The fourth-order valence-corrected chi connectivity index (χ4v) is 1.29. The van der Waals surface area contributed by atoms with Crippen molar-refractivity contribution < 1.29 is 0 Å². The lowest BCUT2D eigenvalue weighted by Crippen LogP contribution is -2.47. The molecule has 0 radical (unpaired) electrons. The van der Waals surface area contributed by atoms with E-state index in [9.17, 15) is 0 Å². The summed E-state index contributed by atoms with van der Waals surface area (Å²) in [4.78, 5) is 4.08. The summed E-state index contributed by atoms with van der Waals surface area (Å²) in [6, 6.07) is 0.392. The molecule has 1 unspecified atom stereocenters. The molecule has 3 nitrogen and oxygen atoms in total. The Morgan fingerprint density at radius 3 is 2.70 bits per heavy atom. The second kappa shape index (κ2) is 2.89. The van der Waals surface area contributed by atoms with Crippen LogP contribution in [0.3, 0.4) is 0 Å². The zero-order chi connectivity index (χ0) is 7.56. The van der Waals surface area contributed by atoms with Gasteiger partial charge in [0.1, 0.15) is 0 Å². The van der Waals surface area contributed by atoms with Crippen LogP contribution in [0.1, 0.15) is 6.92 Å². The molecule has 3 heteroatoms. The number of rotatable bonds is 0. The Hall–Kier alpha value is -0.750. The van der Waals surface area contributed by atoms with Crippen LogP contribution in [0.25, 0.3) is 0 Å². The van der Waals surface area contributed by atoms with E-state index >= 15 is 0 Å². The van der Waals surface area contributed by atoms with Crippen LogP contribution in [-0.4, -0.2) is 42.5 Å². The third-order valence-electron chi connectivity index (χ3n) is 1.96. The predicted octanol–water partition coefficient (Wildman–Crippen LogP) is 0.103. The second-order valence-corrected chi connectivity index (χ2v) is 2.90. The van der Waals surface area contributed by atoms with Gasteiger partial charge in [-0.15, -0.1) is 0 Å². The fourth-order valence-electron chi connectivity index (χ4n) is 1.29. The van der Waals surface area contributed by atoms with E-state index in [-0.39, 0.29) is 0 Å². The summed E-state index contributed by atoms with van der Waals surface area (Å²) in [5.74, 6) is 0. The Morgan fingerprint density at radius 2 is 2.20 bits per heavy atom. The van der Waals surface area contributed by atoms with E-state index in [1.54, 1.807) is 0 Å². The van der Waals surface area contributed by atoms with E-state index < -0.39 is 0 Å². The topological polar surface area (TPSA) is 30.3 Å². The summed E-state index contributed by atoms with van der Waals surface area (Å²) in [5, 5.41) is 8.61. The molecule has 1 aliphatic heterocycles. The van der Waals surface area contributed by atoms with Gasteiger partial charge in [0.15, 0.2) is 6.19 Å². The van der Waals surface area contributed by atoms with Crippen LogP contribution < -0.4 is 0 Å². The molecule has 10 heavy (non-hydrogen) atoms. The molecule has 56 valence electrons. The van der Waals surface area contributed by atoms with Crippen molar-refractivity contribution in [1.29, 1.82) is 5.26 Å². The number of piperazine rings is 1. The van der Waals surface area contributed by atoms with Gasteiger partial charge in [0.25, 0.3) is 0 Å². The number of hydrogen-bond donors (Lipinski definition) is 0. The van der Waals surface area contributed by atoms with E-state index in [2.05, 4.69) is 25.1 Å². The average molecular weight is 139 g/mol. The van der Waals surface area contributed by atoms with Crippen LogP contribution in [0.15, 0.2) is 0 Å². The van der Waals surface area contributed by atoms with Crippen molar-refractivity contribution in [2.75, 3.05) is 26.7 Å². The molecule has 0 aromatic carbocycles. The molecule has 0 aromatic heterocycles. The van der Waals surface area contributed by atoms with E-state index in [4.69, 9.17) is 5.26 Å². The average Bonchev–Trinajstić information content (AvgIpc) is 1.88. The maximum atomic E-state index is 8.61. The second-order valence-electron chi connectivity index (χ2n) is 2.90. The molecule has 0 bridgehead atoms. The molecular weight excluding hydrogens is 126 g/mol. The zero-order valence-electron chi connectivity index (χ0n) is 6.54. The van der Waals surface area contributed by atoms with Crippen molar-refractivity contribution in [3.63, 3.8) is 0 Å². The van der Waals surface area contributed by atoms with Gasteiger partial charge in [-0.25, -0.2) is 0 Å². The van der Waals surface area contributed by atoms with Crippen LogP contribution >= 0.6 is 0 Å². The highest BCUT2D eigenvalue weighted by molar-refractivity contribution is 4.85. The summed E-state index contributed by atoms with van der Waals surface area (Å²) in [7, 11) is 2.09. The standard InChI is InChI=1S/C7H13N3/c1-7-5-9(2)3-4-10(7)6-8/h7H,3-5H2,1-2H3. The largest absolute Gasteiger partial charge is 0.305 e. The van der Waals surface area contributed by atoms with Gasteiger partial charge >= 0.3 is 0 Å². The summed E-state index contributed by atoms with van der Waals surface area (Å²) in [6.45, 7) is 4.98. The van der Waals surface area contributed by atoms with Gasteiger partial charge in [-0.2, -0.15) is 5.26 Å². The molecule has 0 amide bonds. The van der Waals surface area contributed by atoms with Crippen LogP contribution in [0.5, 0.6) is 0 Å². The highest BCUT2D eigenvalue weighted by Crippen LogP contribution is 2.04. The third kappa shape index (κ3) is 1.39. The van der Waals surface area contributed by atoms with Crippen LogP contribution in [-0.2, 0) is 0 Å². The molecule has 0 spiro atoms. The zero-order valence-corrected chi connectivity index (χ0v) is 6.54. The van der Waals surface area contributed by atoms with Gasteiger partial charge in [-0.05, 0) is 14.0 Å². The molecule has 1 aliphatic rings. The van der Waals surface area contributed by atoms with Gasteiger partial charge in [-0.3, -0.25) is 0 Å². The SMILES string of the molecule is CC1CN(C)CCN1C#N. The fraction of sp³-hybridized carbons (Fsp3) is 0.857. The highest BCUT2D eigenvalue weighted by atomic mass is 15.3. The summed E-state index contributed by atoms with van der Waals surface area (Å²) < 4.78 is 0. The Kier molecular flexibility index (Phi) is 2.13. The van der Waals surface area contributed by atoms with Crippen LogP contribution in [0.4, 0.5) is 0 Å². The van der Waals surface area contributed by atoms with Gasteiger partial charge in [0.2, 0.25) is 0 Å². The Morgan fingerprint density at radius 1 is 1.50 bits per heavy atom. The third-order valence-corrected chi connectivity index (χ3v) is 1.96. The van der Waals surface area contributed by atoms with Crippen molar-refractivity contribution >= 4 is 0 Å². The van der Waals surface area contributed by atoms with Gasteiger partial charge in [-0.1, -0.05) is 0 Å². The lowest BCUT2D eigenvalue weighted by atomic mass is 10.2. The Balaban J connectivity index is 2.45. The van der Waals surface area contributed by atoms with Crippen LogP contribution in [0, 0.1) is 11.5 Å². The molecule has 1 rings (SSSR count). The molecule has 1 atom stereocenters. The number of nitriles is 1. The van der Waals surface area contributed by atoms with Crippen molar-refractivity contribution in [3.8, 4) is 6.19 Å². The first kappa shape index (κ1) is 7.36. The number of hydrogen-bond acceptors (Lipinski definition) is 3. The maximum Gasteiger partial charge on any atom is 0.179 e. The Labute approximate surface area is 61.8 Å². The first-order valence-corrected chi connectivity index (χ1v) is 3.59. The molecule has 0 N–H and O–H groups in total. The normalized spacial score (nSPS) is 28.1. The lowest BCUT2D eigenvalue weighted by Gasteiger charge is -2.34. The van der Waals surface area contributed by atoms with Crippen LogP contribution in [0.2, 0.25) is 0 Å². The molecular formula is C7H13N3. The summed E-state index contributed by atoms with van der Waals surface area (Å²) in [6.07, 6.45) is 2.18. The minimum Gasteiger partial charge on any atom is -0.305 e. The van der Waals surface area contributed by atoms with E-state index in [0.717, 1.165) is 19.6 Å². The first-order valence-electron chi connectivity index (χ1n) is 3.59. The Bertz CT molecular complexity index is 149. The quantitative estimate of drug-likeness (QED) is 0.446. The smallest absolute Gasteiger partial charge is 0.179 e. The highest BCUT2D eigenvalue weighted by Gasteiger charge is 2.19. The predicted molar refractivity (Wildman–Crippen MR) is 39.3 cm³/mol. The van der Waals surface area contributed by atoms with E-state index in [0.29, 0.717) is 6.04 Å². The summed E-state index contributed by atoms with van der Waals surface area (Å²) in [5.41, 5.74) is 0. The maximum absolute atomic E-state index is 8.61. The minimum atomic E-state index is 0.392. The molecule has 1 fully saturated rings. The molecule has 1 saturated heterocycles. The van der Waals surface area contributed by atoms with Crippen molar-refractivity contribution in [2.24, 2.45) is 0 Å². The number of nitrogens with zero attached hydrogens (tertiary/aromatic N) is 3. The van der Waals surface area contributed by atoms with Gasteiger partial charge in [0, 0.05) is 25.7 Å². The van der Waals surface area contributed by atoms with Crippen molar-refractivity contribution in [1.82, 2.24) is 9.80 Å². The molecule has 0 saturated carbocycles. The van der Waals surface area contributed by atoms with E-state index in [1.807, 2.05) is 4.90 Å². The monoisotopic (exact) mass is 139 g/mol. The van der Waals surface area contributed by atoms with Crippen molar-refractivity contribution in [3.05, 3.63) is 0 Å². The van der Waals surface area contributed by atoms with Gasteiger partial charge < -0.3 is 9.80 Å². The number of likely N-dealkylation sites (N-methyl/N-ethyl adjacent to an activating group) is 1. The van der Waals surface area contributed by atoms with Crippen molar-refractivity contribution in [2.45, 2.75) is 13.0 Å². The molecule has 0 aliphatic carbocycles. The lowest BCUT2D eigenvalue weighted by molar-refractivity contribution is 0.151. The minimum absolute atomic E-state index is 0.392. The first-order chi connectivity index (χ1) is 4.74. The summed E-state index contributed by atoms with van der Waals surface area (Å²) >= 11 is 0. The van der Waals surface area contributed by atoms with E-state index in [1.165, 1.54) is 0 Å². The van der Waals surface area contributed by atoms with Gasteiger partial charge in [0.05, 0.1) is 0 Å². The molecule has 1 heterocycles.